The summed E-state index contributed by atoms with van der Waals surface area (Å²) in [5.74, 6) is 0.190. The SMILES string of the molecule is Cc1cc(C(=O)CCC(=O)N2CCCC(N3CCNCC3=O)C2)c(C)s1.Cl. The molecule has 3 rings (SSSR count). The Balaban J connectivity index is 0.00000261. The largest absolute Gasteiger partial charge is 0.341 e. The number of likely N-dealkylation sites (tertiary alicyclic amines) is 1. The van der Waals surface area contributed by atoms with Gasteiger partial charge in [-0.15, -0.1) is 23.7 Å². The van der Waals surface area contributed by atoms with Crippen LogP contribution in [0.2, 0.25) is 0 Å². The fourth-order valence-corrected chi connectivity index (χ4v) is 4.81. The molecular formula is C19H28ClN3O3S. The summed E-state index contributed by atoms with van der Waals surface area (Å²) >= 11 is 1.62. The zero-order valence-corrected chi connectivity index (χ0v) is 17.6. The maximum Gasteiger partial charge on any atom is 0.236 e. The average molecular weight is 414 g/mol. The predicted molar refractivity (Wildman–Crippen MR) is 109 cm³/mol. The molecule has 27 heavy (non-hydrogen) atoms. The second kappa shape index (κ2) is 9.66. The number of nitrogens with one attached hydrogen (secondary N) is 1. The van der Waals surface area contributed by atoms with Gasteiger partial charge in [-0.05, 0) is 32.8 Å². The van der Waals surface area contributed by atoms with Crippen LogP contribution in [0.4, 0.5) is 0 Å². The van der Waals surface area contributed by atoms with Crippen LogP contribution in [0.5, 0.6) is 0 Å². The van der Waals surface area contributed by atoms with E-state index < -0.39 is 0 Å². The molecule has 150 valence electrons. The van der Waals surface area contributed by atoms with E-state index in [0.29, 0.717) is 19.6 Å². The third-order valence-electron chi connectivity index (χ3n) is 5.22. The van der Waals surface area contributed by atoms with Gasteiger partial charge in [-0.1, -0.05) is 0 Å². The molecule has 0 radical (unpaired) electrons. The van der Waals surface area contributed by atoms with Crippen molar-refractivity contribution in [3.8, 4) is 0 Å². The lowest BCUT2D eigenvalue weighted by Gasteiger charge is -2.41. The summed E-state index contributed by atoms with van der Waals surface area (Å²) in [6, 6.07) is 2.03. The van der Waals surface area contributed by atoms with E-state index in [1.165, 1.54) is 0 Å². The van der Waals surface area contributed by atoms with Crippen LogP contribution in [0.15, 0.2) is 6.07 Å². The van der Waals surface area contributed by atoms with E-state index in [1.54, 1.807) is 11.3 Å². The molecule has 1 N–H and O–H groups in total. The van der Waals surface area contributed by atoms with Gasteiger partial charge in [0.1, 0.15) is 0 Å². The number of nitrogens with zero attached hydrogens (tertiary/aromatic N) is 2. The third-order valence-corrected chi connectivity index (χ3v) is 6.19. The normalized spacial score (nSPS) is 20.4. The standard InChI is InChI=1S/C19H27N3O3S.ClH/c1-13-10-16(14(2)26-13)17(23)5-6-18(24)21-8-3-4-15(12-21)22-9-7-20-11-19(22)25;/h10,15,20H,3-9,11-12H2,1-2H3;1H. The zero-order chi connectivity index (χ0) is 18.7. The molecule has 0 aliphatic carbocycles. The molecule has 1 atom stereocenters. The summed E-state index contributed by atoms with van der Waals surface area (Å²) in [5, 5.41) is 3.08. The number of amides is 2. The lowest BCUT2D eigenvalue weighted by atomic mass is 10.0. The molecule has 2 aliphatic rings. The van der Waals surface area contributed by atoms with E-state index >= 15 is 0 Å². The molecule has 2 saturated heterocycles. The number of hydrogen-bond donors (Lipinski definition) is 1. The number of aryl methyl sites for hydroxylation is 2. The quantitative estimate of drug-likeness (QED) is 0.751. The summed E-state index contributed by atoms with van der Waals surface area (Å²) in [6.45, 7) is 7.16. The van der Waals surface area contributed by atoms with E-state index in [-0.39, 0.29) is 48.9 Å². The van der Waals surface area contributed by atoms with Crippen molar-refractivity contribution in [1.82, 2.24) is 15.1 Å². The molecule has 8 heteroatoms. The smallest absolute Gasteiger partial charge is 0.236 e. The Labute approximate surface area is 170 Å². The number of Topliss-reactive ketones (excluding diaryl/α,β-unsaturated/α-hetero) is 1. The van der Waals surface area contributed by atoms with Crippen LogP contribution in [-0.2, 0) is 9.59 Å². The number of thiophene rings is 1. The monoisotopic (exact) mass is 413 g/mol. The summed E-state index contributed by atoms with van der Waals surface area (Å²) < 4.78 is 0. The predicted octanol–water partition coefficient (Wildman–Crippen LogP) is 2.17. The van der Waals surface area contributed by atoms with Crippen molar-refractivity contribution in [3.05, 3.63) is 21.4 Å². The molecule has 3 heterocycles. The third kappa shape index (κ3) is 5.30. The van der Waals surface area contributed by atoms with Crippen molar-refractivity contribution in [2.75, 3.05) is 32.7 Å². The molecule has 2 amide bonds. The molecule has 0 spiro atoms. The van der Waals surface area contributed by atoms with E-state index in [0.717, 1.165) is 41.2 Å². The summed E-state index contributed by atoms with van der Waals surface area (Å²) in [5.41, 5.74) is 0.753. The summed E-state index contributed by atoms with van der Waals surface area (Å²) in [7, 11) is 0. The van der Waals surface area contributed by atoms with E-state index in [1.807, 2.05) is 29.7 Å². The molecule has 0 saturated carbocycles. The highest BCUT2D eigenvalue weighted by Crippen LogP contribution is 2.23. The van der Waals surface area contributed by atoms with Crippen molar-refractivity contribution in [3.63, 3.8) is 0 Å². The molecule has 0 aromatic carbocycles. The Hall–Kier alpha value is -1.44. The second-order valence-electron chi connectivity index (χ2n) is 7.15. The molecule has 0 bridgehead atoms. The van der Waals surface area contributed by atoms with Gasteiger partial charge in [-0.2, -0.15) is 0 Å². The van der Waals surface area contributed by atoms with Gasteiger partial charge in [-0.25, -0.2) is 0 Å². The lowest BCUT2D eigenvalue weighted by molar-refractivity contribution is -0.140. The van der Waals surface area contributed by atoms with Gasteiger partial charge in [0, 0.05) is 60.4 Å². The number of ketones is 1. The number of piperidine rings is 1. The molecule has 6 nitrogen and oxygen atoms in total. The Kier molecular flexibility index (Phi) is 7.82. The van der Waals surface area contributed by atoms with Crippen LogP contribution in [0.1, 0.15) is 45.8 Å². The van der Waals surface area contributed by atoms with Gasteiger partial charge in [-0.3, -0.25) is 14.4 Å². The van der Waals surface area contributed by atoms with Crippen LogP contribution in [0.3, 0.4) is 0 Å². The van der Waals surface area contributed by atoms with Crippen molar-refractivity contribution >= 4 is 41.3 Å². The average Bonchev–Trinajstić information content (AvgIpc) is 2.98. The maximum atomic E-state index is 12.6. The fraction of sp³-hybridized carbons (Fsp3) is 0.632. The minimum Gasteiger partial charge on any atom is -0.341 e. The minimum atomic E-state index is 0. The maximum absolute atomic E-state index is 12.6. The van der Waals surface area contributed by atoms with Crippen molar-refractivity contribution in [2.45, 2.75) is 45.6 Å². The number of hydrogen-bond acceptors (Lipinski definition) is 5. The summed E-state index contributed by atoms with van der Waals surface area (Å²) in [4.78, 5) is 43.0. The van der Waals surface area contributed by atoms with E-state index in [2.05, 4.69) is 5.32 Å². The first-order chi connectivity index (χ1) is 12.5. The van der Waals surface area contributed by atoms with Crippen LogP contribution < -0.4 is 5.32 Å². The van der Waals surface area contributed by atoms with E-state index in [9.17, 15) is 14.4 Å². The fourth-order valence-electron chi connectivity index (χ4n) is 3.86. The number of rotatable bonds is 5. The summed E-state index contributed by atoms with van der Waals surface area (Å²) in [6.07, 6.45) is 2.35. The highest BCUT2D eigenvalue weighted by Gasteiger charge is 2.31. The number of carbonyl (C=O) groups excluding carboxylic acids is 3. The molecular weight excluding hydrogens is 386 g/mol. The first kappa shape index (κ1) is 21.9. The van der Waals surface area contributed by atoms with Gasteiger partial charge in [0.25, 0.3) is 0 Å². The van der Waals surface area contributed by atoms with Crippen LogP contribution in [-0.4, -0.2) is 66.2 Å². The Morgan fingerprint density at radius 2 is 2.04 bits per heavy atom. The van der Waals surface area contributed by atoms with Gasteiger partial charge < -0.3 is 15.1 Å². The first-order valence-electron chi connectivity index (χ1n) is 9.34. The van der Waals surface area contributed by atoms with Crippen LogP contribution >= 0.6 is 23.7 Å². The van der Waals surface area contributed by atoms with Crippen LogP contribution in [0.25, 0.3) is 0 Å². The number of carbonyl (C=O) groups is 3. The molecule has 2 aliphatic heterocycles. The molecule has 1 unspecified atom stereocenters. The van der Waals surface area contributed by atoms with Crippen LogP contribution in [0, 0.1) is 13.8 Å². The number of piperazine rings is 1. The van der Waals surface area contributed by atoms with Gasteiger partial charge in [0.05, 0.1) is 6.54 Å². The van der Waals surface area contributed by atoms with Gasteiger partial charge in [0.2, 0.25) is 11.8 Å². The van der Waals surface area contributed by atoms with Crippen molar-refractivity contribution in [2.24, 2.45) is 0 Å². The zero-order valence-electron chi connectivity index (χ0n) is 16.0. The Morgan fingerprint density at radius 3 is 2.70 bits per heavy atom. The highest BCUT2D eigenvalue weighted by atomic mass is 35.5. The van der Waals surface area contributed by atoms with Gasteiger partial charge >= 0.3 is 0 Å². The van der Waals surface area contributed by atoms with Crippen molar-refractivity contribution in [1.29, 1.82) is 0 Å². The first-order valence-corrected chi connectivity index (χ1v) is 10.2. The second-order valence-corrected chi connectivity index (χ2v) is 8.61. The molecule has 1 aromatic rings. The Bertz CT molecular complexity index is 706. The minimum absolute atomic E-state index is 0. The Morgan fingerprint density at radius 1 is 1.26 bits per heavy atom. The lowest BCUT2D eigenvalue weighted by Crippen LogP contribution is -2.57. The molecule has 2 fully saturated rings. The van der Waals surface area contributed by atoms with E-state index in [4.69, 9.17) is 0 Å². The molecule has 1 aromatic heterocycles. The highest BCUT2D eigenvalue weighted by molar-refractivity contribution is 7.12. The van der Waals surface area contributed by atoms with Crippen molar-refractivity contribution < 1.29 is 14.4 Å². The van der Waals surface area contributed by atoms with Gasteiger partial charge in [0.15, 0.2) is 5.78 Å². The number of halogens is 1. The topological polar surface area (TPSA) is 69.7 Å².